The molecule has 120 valence electrons. The fraction of sp³-hybridized carbons (Fsp3) is 0.571. The Morgan fingerprint density at radius 2 is 2.00 bits per heavy atom. The average Bonchev–Trinajstić information content (AvgIpc) is 2.40. The van der Waals surface area contributed by atoms with Crippen molar-refractivity contribution in [2.45, 2.75) is 25.6 Å². The zero-order valence-corrected chi connectivity index (χ0v) is 12.0. The van der Waals surface area contributed by atoms with Crippen LogP contribution in [0.2, 0.25) is 0 Å². The number of hydrogen-bond acceptors (Lipinski definition) is 3. The van der Waals surface area contributed by atoms with E-state index >= 15 is 0 Å². The number of ether oxygens (including phenoxy) is 2. The van der Waals surface area contributed by atoms with Crippen molar-refractivity contribution in [1.82, 2.24) is 5.32 Å². The summed E-state index contributed by atoms with van der Waals surface area (Å²) in [5.41, 5.74) is 0.371. The van der Waals surface area contributed by atoms with Crippen molar-refractivity contribution < 1.29 is 27.0 Å². The van der Waals surface area contributed by atoms with Crippen LogP contribution in [0.25, 0.3) is 0 Å². The molecule has 0 fully saturated rings. The molecule has 0 saturated carbocycles. The van der Waals surface area contributed by atoms with E-state index in [1.54, 1.807) is 12.1 Å². The molecule has 1 aromatic rings. The van der Waals surface area contributed by atoms with Crippen LogP contribution in [-0.2, 0) is 11.2 Å². The number of halogens is 4. The summed E-state index contributed by atoms with van der Waals surface area (Å²) in [6, 6.07) is 4.29. The zero-order valence-electron chi connectivity index (χ0n) is 12.0. The molecule has 1 aromatic carbocycles. The molecule has 1 rings (SSSR count). The van der Waals surface area contributed by atoms with Crippen molar-refractivity contribution in [2.24, 2.45) is 0 Å². The van der Waals surface area contributed by atoms with E-state index in [1.165, 1.54) is 13.2 Å². The van der Waals surface area contributed by atoms with Crippen molar-refractivity contribution in [3.63, 3.8) is 0 Å². The van der Waals surface area contributed by atoms with E-state index in [0.29, 0.717) is 12.1 Å². The van der Waals surface area contributed by atoms with Crippen molar-refractivity contribution in [2.75, 3.05) is 26.9 Å². The molecule has 1 atom stereocenters. The van der Waals surface area contributed by atoms with Crippen molar-refractivity contribution >= 4 is 0 Å². The van der Waals surface area contributed by atoms with Crippen LogP contribution >= 0.6 is 0 Å². The Morgan fingerprint density at radius 1 is 1.29 bits per heavy atom. The summed E-state index contributed by atoms with van der Waals surface area (Å²) in [5, 5.41) is 2.98. The van der Waals surface area contributed by atoms with Crippen LogP contribution in [0.15, 0.2) is 18.2 Å². The molecule has 1 N–H and O–H groups in total. The Bertz CT molecular complexity index is 437. The van der Waals surface area contributed by atoms with Crippen molar-refractivity contribution in [1.29, 1.82) is 0 Å². The van der Waals surface area contributed by atoms with Gasteiger partial charge in [0.05, 0.1) is 13.7 Å². The number of hydrogen-bond donors (Lipinski definition) is 1. The molecule has 7 heteroatoms. The topological polar surface area (TPSA) is 30.5 Å². The molecule has 0 saturated heterocycles. The minimum atomic E-state index is -4.36. The van der Waals surface area contributed by atoms with Gasteiger partial charge in [-0.25, -0.2) is 4.39 Å². The summed E-state index contributed by atoms with van der Waals surface area (Å²) in [6.07, 6.45) is -4.15. The lowest BCUT2D eigenvalue weighted by Gasteiger charge is -2.19. The smallest absolute Gasteiger partial charge is 0.411 e. The summed E-state index contributed by atoms with van der Waals surface area (Å²) in [6.45, 7) is 0.907. The predicted octanol–water partition coefficient (Wildman–Crippen LogP) is 2.93. The second kappa shape index (κ2) is 8.19. The van der Waals surface area contributed by atoms with Gasteiger partial charge in [-0.3, -0.25) is 0 Å². The van der Waals surface area contributed by atoms with Crippen LogP contribution in [0.3, 0.4) is 0 Å². The third-order valence-corrected chi connectivity index (χ3v) is 2.81. The summed E-state index contributed by atoms with van der Waals surface area (Å²) in [5.74, 6) is -0.391. The van der Waals surface area contributed by atoms with E-state index in [4.69, 9.17) is 4.74 Å². The van der Waals surface area contributed by atoms with Crippen LogP contribution in [0.1, 0.15) is 12.5 Å². The van der Waals surface area contributed by atoms with Gasteiger partial charge in [0.25, 0.3) is 0 Å². The van der Waals surface area contributed by atoms with E-state index in [2.05, 4.69) is 10.1 Å². The molecule has 3 nitrogen and oxygen atoms in total. The third-order valence-electron chi connectivity index (χ3n) is 2.81. The molecule has 0 heterocycles. The molecule has 0 aliphatic heterocycles. The SMILES string of the molecule is CCNC(COCC(F)(F)F)Cc1cccc(OC)c1F. The summed E-state index contributed by atoms with van der Waals surface area (Å²) in [4.78, 5) is 0. The molecule has 0 bridgehead atoms. The Balaban J connectivity index is 2.65. The highest BCUT2D eigenvalue weighted by Gasteiger charge is 2.28. The first-order chi connectivity index (χ1) is 9.87. The highest BCUT2D eigenvalue weighted by Crippen LogP contribution is 2.21. The highest BCUT2D eigenvalue weighted by atomic mass is 19.4. The van der Waals surface area contributed by atoms with Gasteiger partial charge in [0.1, 0.15) is 6.61 Å². The number of likely N-dealkylation sites (N-methyl/N-ethyl adjacent to an activating group) is 1. The van der Waals surface area contributed by atoms with E-state index in [1.807, 2.05) is 6.92 Å². The van der Waals surface area contributed by atoms with E-state index in [9.17, 15) is 17.6 Å². The van der Waals surface area contributed by atoms with E-state index < -0.39 is 24.6 Å². The lowest BCUT2D eigenvalue weighted by atomic mass is 10.1. The lowest BCUT2D eigenvalue weighted by molar-refractivity contribution is -0.175. The maximum absolute atomic E-state index is 14.0. The molecule has 0 amide bonds. The first-order valence-corrected chi connectivity index (χ1v) is 6.56. The Kier molecular flexibility index (Phi) is 6.91. The van der Waals surface area contributed by atoms with Gasteiger partial charge in [-0.15, -0.1) is 0 Å². The first-order valence-electron chi connectivity index (χ1n) is 6.56. The second-order valence-corrected chi connectivity index (χ2v) is 4.52. The zero-order chi connectivity index (χ0) is 15.9. The van der Waals surface area contributed by atoms with Gasteiger partial charge in [-0.2, -0.15) is 13.2 Å². The Morgan fingerprint density at radius 3 is 2.57 bits per heavy atom. The summed E-state index contributed by atoms with van der Waals surface area (Å²) < 4.78 is 59.7. The van der Waals surface area contributed by atoms with Crippen LogP contribution < -0.4 is 10.1 Å². The molecule has 0 spiro atoms. The lowest BCUT2D eigenvalue weighted by Crippen LogP contribution is -2.36. The normalized spacial score (nSPS) is 13.2. The number of nitrogens with one attached hydrogen (secondary N) is 1. The number of benzene rings is 1. The fourth-order valence-corrected chi connectivity index (χ4v) is 1.93. The van der Waals surface area contributed by atoms with Gasteiger partial charge in [0.2, 0.25) is 0 Å². The summed E-state index contributed by atoms with van der Waals surface area (Å²) in [7, 11) is 1.36. The molecule has 0 aliphatic carbocycles. The highest BCUT2D eigenvalue weighted by molar-refractivity contribution is 5.31. The molecule has 0 aromatic heterocycles. The van der Waals surface area contributed by atoms with Gasteiger partial charge < -0.3 is 14.8 Å². The Labute approximate surface area is 121 Å². The first kappa shape index (κ1) is 17.7. The standard InChI is InChI=1S/C14H19F4NO2/c1-3-19-11(8-21-9-14(16,17)18)7-10-5-4-6-12(20-2)13(10)15/h4-6,11,19H,3,7-9H2,1-2H3. The quantitative estimate of drug-likeness (QED) is 0.749. The number of methoxy groups -OCH3 is 1. The average molecular weight is 309 g/mol. The van der Waals surface area contributed by atoms with Crippen molar-refractivity contribution in [3.8, 4) is 5.75 Å². The van der Waals surface area contributed by atoms with Gasteiger partial charge in [-0.1, -0.05) is 19.1 Å². The molecule has 0 aliphatic rings. The maximum Gasteiger partial charge on any atom is 0.411 e. The van der Waals surface area contributed by atoms with E-state index in [-0.39, 0.29) is 18.8 Å². The molecule has 0 radical (unpaired) electrons. The monoisotopic (exact) mass is 309 g/mol. The number of alkyl halides is 3. The van der Waals surface area contributed by atoms with Gasteiger partial charge in [0, 0.05) is 6.04 Å². The summed E-state index contributed by atoms with van der Waals surface area (Å²) >= 11 is 0. The van der Waals surface area contributed by atoms with E-state index in [0.717, 1.165) is 0 Å². The van der Waals surface area contributed by atoms with Crippen LogP contribution in [0.5, 0.6) is 5.75 Å². The van der Waals surface area contributed by atoms with Crippen molar-refractivity contribution in [3.05, 3.63) is 29.6 Å². The third kappa shape index (κ3) is 6.31. The molecule has 21 heavy (non-hydrogen) atoms. The molecular formula is C14H19F4NO2. The number of rotatable bonds is 8. The van der Waals surface area contributed by atoms with Crippen LogP contribution in [0.4, 0.5) is 17.6 Å². The largest absolute Gasteiger partial charge is 0.494 e. The van der Waals surface area contributed by atoms with Crippen LogP contribution in [-0.4, -0.2) is 39.1 Å². The van der Waals surface area contributed by atoms with Gasteiger partial charge >= 0.3 is 6.18 Å². The minimum absolute atomic E-state index is 0.110. The van der Waals surface area contributed by atoms with Gasteiger partial charge in [-0.05, 0) is 24.6 Å². The van der Waals surface area contributed by atoms with Gasteiger partial charge in [0.15, 0.2) is 11.6 Å². The molecular weight excluding hydrogens is 290 g/mol. The minimum Gasteiger partial charge on any atom is -0.494 e. The predicted molar refractivity (Wildman–Crippen MR) is 71.0 cm³/mol. The molecule has 1 unspecified atom stereocenters. The maximum atomic E-state index is 14.0. The fourth-order valence-electron chi connectivity index (χ4n) is 1.93. The van der Waals surface area contributed by atoms with Crippen LogP contribution in [0, 0.1) is 5.82 Å². The second-order valence-electron chi connectivity index (χ2n) is 4.52. The Hall–Kier alpha value is -1.34.